The van der Waals surface area contributed by atoms with Crippen molar-refractivity contribution in [2.75, 3.05) is 12.4 Å². The van der Waals surface area contributed by atoms with Crippen molar-refractivity contribution in [2.45, 2.75) is 18.5 Å². The number of likely N-dealkylation sites (N-methyl/N-ethyl adjacent to an activating group) is 1. The van der Waals surface area contributed by atoms with Gasteiger partial charge < -0.3 is 9.88 Å². The lowest BCUT2D eigenvalue weighted by Crippen LogP contribution is -2.55. The van der Waals surface area contributed by atoms with Gasteiger partial charge in [-0.05, 0) is 42.3 Å². The number of carbonyl (C=O) groups is 1. The lowest BCUT2D eigenvalue weighted by molar-refractivity contribution is -0.120. The number of halogens is 2. The van der Waals surface area contributed by atoms with Crippen molar-refractivity contribution in [1.82, 2.24) is 18.6 Å². The van der Waals surface area contributed by atoms with Gasteiger partial charge in [0.2, 0.25) is 5.91 Å². The van der Waals surface area contributed by atoms with Crippen LogP contribution in [0.2, 0.25) is 5.02 Å². The molecular weight excluding hydrogens is 433 g/mol. The van der Waals surface area contributed by atoms with Crippen LogP contribution >= 0.6 is 11.6 Å². The maximum atomic E-state index is 13.4. The Morgan fingerprint density at radius 3 is 2.77 bits per heavy atom. The van der Waals surface area contributed by atoms with Crippen LogP contribution in [0.1, 0.15) is 18.0 Å². The number of amides is 1. The number of nitrogens with zero attached hydrogens (tertiary/aromatic N) is 3. The van der Waals surface area contributed by atoms with Crippen molar-refractivity contribution >= 4 is 44.4 Å². The second-order valence-electron chi connectivity index (χ2n) is 7.16. The summed E-state index contributed by atoms with van der Waals surface area (Å²) in [5.74, 6) is -1.14. The smallest absolute Gasteiger partial charge is 0.280 e. The summed E-state index contributed by atoms with van der Waals surface area (Å²) in [7, 11) is -0.691. The Hall–Kier alpha value is -2.53. The summed E-state index contributed by atoms with van der Waals surface area (Å²) in [5, 5.41) is 2.47. The van der Waals surface area contributed by atoms with Crippen molar-refractivity contribution in [3.8, 4) is 0 Å². The van der Waals surface area contributed by atoms with E-state index in [1.165, 1.54) is 19.2 Å². The van der Waals surface area contributed by atoms with E-state index in [1.54, 1.807) is 6.33 Å². The highest BCUT2D eigenvalue weighted by atomic mass is 35.5. The van der Waals surface area contributed by atoms with Crippen LogP contribution in [-0.2, 0) is 22.1 Å². The van der Waals surface area contributed by atoms with Gasteiger partial charge in [0, 0.05) is 19.8 Å². The van der Waals surface area contributed by atoms with Gasteiger partial charge in [-0.15, -0.1) is 0 Å². The van der Waals surface area contributed by atoms with E-state index < -0.39 is 34.0 Å². The average molecular weight is 452 g/mol. The highest BCUT2D eigenvalue weighted by Crippen LogP contribution is 2.30. The molecule has 1 fully saturated rings. The highest BCUT2D eigenvalue weighted by Gasteiger charge is 2.40. The van der Waals surface area contributed by atoms with Gasteiger partial charge >= 0.3 is 0 Å². The number of carbonyl (C=O) groups excluding carboxylic acids is 1. The minimum Gasteiger partial charge on any atom is -0.334 e. The van der Waals surface area contributed by atoms with Gasteiger partial charge in [-0.3, -0.25) is 4.79 Å². The Morgan fingerprint density at radius 2 is 2.03 bits per heavy atom. The van der Waals surface area contributed by atoms with Crippen molar-refractivity contribution < 1.29 is 17.6 Å². The van der Waals surface area contributed by atoms with E-state index in [0.717, 1.165) is 21.4 Å². The van der Waals surface area contributed by atoms with Gasteiger partial charge in [-0.1, -0.05) is 17.7 Å². The Balaban J connectivity index is 1.61. The number of hydrogen-bond acceptors (Lipinski definition) is 4. The summed E-state index contributed by atoms with van der Waals surface area (Å²) in [6.45, 7) is 0. The fourth-order valence-corrected chi connectivity index (χ4v) is 4.95. The third-order valence-electron chi connectivity index (χ3n) is 5.21. The zero-order chi connectivity index (χ0) is 21.6. The number of benzene rings is 2. The fourth-order valence-electron chi connectivity index (χ4n) is 3.50. The maximum absolute atomic E-state index is 13.4. The number of fused-ring (bicyclic) bond motifs is 1. The standard InChI is InChI=1S/C19H19ClFN5O3S/c1-25-10-22-16-7-11(3-6-17(16)25)15-9-18(26(2)30(28,29)24-15)19(27)23-12-4-5-14(21)13(20)8-12/h3-8,10,15,18,24H,9H2,1-2H3,(H,23,27)/t15-,18+/m0/s1. The molecule has 1 saturated heterocycles. The summed E-state index contributed by atoms with van der Waals surface area (Å²) < 4.78 is 44.1. The summed E-state index contributed by atoms with van der Waals surface area (Å²) in [4.78, 5) is 17.2. The zero-order valence-electron chi connectivity index (χ0n) is 16.1. The second kappa shape index (κ2) is 7.62. The molecule has 0 radical (unpaired) electrons. The van der Waals surface area contributed by atoms with E-state index in [1.807, 2.05) is 29.8 Å². The van der Waals surface area contributed by atoms with E-state index in [-0.39, 0.29) is 17.1 Å². The lowest BCUT2D eigenvalue weighted by atomic mass is 9.99. The largest absolute Gasteiger partial charge is 0.334 e. The summed E-state index contributed by atoms with van der Waals surface area (Å²) >= 11 is 5.76. The molecule has 2 N–H and O–H groups in total. The molecule has 0 bridgehead atoms. The molecule has 3 aromatic rings. The van der Waals surface area contributed by atoms with Crippen LogP contribution in [0.25, 0.3) is 11.0 Å². The maximum Gasteiger partial charge on any atom is 0.280 e. The molecule has 4 rings (SSSR count). The molecule has 0 saturated carbocycles. The molecule has 158 valence electrons. The molecule has 1 aliphatic heterocycles. The van der Waals surface area contributed by atoms with Crippen molar-refractivity contribution in [3.63, 3.8) is 0 Å². The minimum atomic E-state index is -3.90. The van der Waals surface area contributed by atoms with Crippen molar-refractivity contribution in [1.29, 1.82) is 0 Å². The molecule has 0 unspecified atom stereocenters. The van der Waals surface area contributed by atoms with E-state index in [2.05, 4.69) is 15.0 Å². The number of imidazole rings is 1. The molecule has 30 heavy (non-hydrogen) atoms. The molecular formula is C19H19ClFN5O3S. The van der Waals surface area contributed by atoms with Crippen molar-refractivity contribution in [2.24, 2.45) is 7.05 Å². The monoisotopic (exact) mass is 451 g/mol. The number of aromatic nitrogens is 2. The number of rotatable bonds is 3. The molecule has 0 spiro atoms. The van der Waals surface area contributed by atoms with Crippen LogP contribution in [0.4, 0.5) is 10.1 Å². The van der Waals surface area contributed by atoms with Crippen LogP contribution in [-0.4, -0.2) is 41.3 Å². The first-order valence-electron chi connectivity index (χ1n) is 9.08. The summed E-state index contributed by atoms with van der Waals surface area (Å²) in [5.41, 5.74) is 2.63. The van der Waals surface area contributed by atoms with Gasteiger partial charge in [0.25, 0.3) is 10.2 Å². The van der Waals surface area contributed by atoms with E-state index in [4.69, 9.17) is 11.6 Å². The fraction of sp³-hybridized carbons (Fsp3) is 0.263. The van der Waals surface area contributed by atoms with Crippen molar-refractivity contribution in [3.05, 3.63) is 59.1 Å². The topological polar surface area (TPSA) is 96.3 Å². The van der Waals surface area contributed by atoms with Gasteiger partial charge in [0.15, 0.2) is 0 Å². The molecule has 8 nitrogen and oxygen atoms in total. The predicted molar refractivity (Wildman–Crippen MR) is 112 cm³/mol. The molecule has 2 atom stereocenters. The average Bonchev–Trinajstić information content (AvgIpc) is 3.07. The third kappa shape index (κ3) is 3.79. The Kier molecular flexibility index (Phi) is 5.27. The minimum absolute atomic E-state index is 0.138. The number of hydrogen-bond donors (Lipinski definition) is 2. The molecule has 2 heterocycles. The molecule has 0 aliphatic carbocycles. The van der Waals surface area contributed by atoms with E-state index in [0.29, 0.717) is 5.56 Å². The number of aryl methyl sites for hydroxylation is 1. The van der Waals surface area contributed by atoms with Crippen LogP contribution in [0, 0.1) is 5.82 Å². The number of nitrogens with one attached hydrogen (secondary N) is 2. The lowest BCUT2D eigenvalue weighted by Gasteiger charge is -2.36. The van der Waals surface area contributed by atoms with E-state index >= 15 is 0 Å². The van der Waals surface area contributed by atoms with Crippen LogP contribution in [0.3, 0.4) is 0 Å². The van der Waals surface area contributed by atoms with Gasteiger partial charge in [-0.2, -0.15) is 17.4 Å². The van der Waals surface area contributed by atoms with Crippen LogP contribution in [0.5, 0.6) is 0 Å². The Bertz CT molecular complexity index is 1250. The first kappa shape index (κ1) is 20.7. The zero-order valence-corrected chi connectivity index (χ0v) is 17.7. The highest BCUT2D eigenvalue weighted by molar-refractivity contribution is 7.87. The molecule has 1 aromatic heterocycles. The van der Waals surface area contributed by atoms with Gasteiger partial charge in [0.1, 0.15) is 11.9 Å². The first-order valence-corrected chi connectivity index (χ1v) is 10.9. The summed E-state index contributed by atoms with van der Waals surface area (Å²) in [6.07, 6.45) is 1.88. The Morgan fingerprint density at radius 1 is 1.27 bits per heavy atom. The summed E-state index contributed by atoms with van der Waals surface area (Å²) in [6, 6.07) is 7.68. The van der Waals surface area contributed by atoms with E-state index in [9.17, 15) is 17.6 Å². The van der Waals surface area contributed by atoms with Crippen LogP contribution in [0.15, 0.2) is 42.7 Å². The molecule has 2 aromatic carbocycles. The Labute approximate surface area is 177 Å². The quantitative estimate of drug-likeness (QED) is 0.639. The molecule has 1 aliphatic rings. The third-order valence-corrected chi connectivity index (χ3v) is 7.09. The SMILES string of the molecule is CN1[C@@H](C(=O)Nc2ccc(F)c(Cl)c2)C[C@@H](c2ccc3c(c2)ncn3C)NS1(=O)=O. The first-order chi connectivity index (χ1) is 14.2. The molecule has 11 heteroatoms. The van der Waals surface area contributed by atoms with Crippen LogP contribution < -0.4 is 10.0 Å². The normalized spacial score (nSPS) is 21.6. The predicted octanol–water partition coefficient (Wildman–Crippen LogP) is 2.58. The van der Waals surface area contributed by atoms with Gasteiger partial charge in [0.05, 0.1) is 28.4 Å². The van der Waals surface area contributed by atoms with Gasteiger partial charge in [-0.25, -0.2) is 9.37 Å². The molecule has 1 amide bonds. The number of anilines is 1. The second-order valence-corrected chi connectivity index (χ2v) is 9.33.